The number of carbonyl (C=O) groups excluding carboxylic acids is 1. The summed E-state index contributed by atoms with van der Waals surface area (Å²) >= 11 is 0. The molecule has 150 valence electrons. The molecule has 2 aromatic rings. The van der Waals surface area contributed by atoms with Gasteiger partial charge in [-0.3, -0.25) is 9.69 Å². The van der Waals surface area contributed by atoms with E-state index in [2.05, 4.69) is 34.1 Å². The standard InChI is InChI=1S/C24H26N2O3/c27-22(12-16-4-2-1-3-5-16)26-14-19(18-6-7-20-21(13-18)29-15-28-20)24-23(26)17-8-10-25(24)11-9-17/h1-7,13,17,19,23-24H,8-12,14-15H2/t19-,23+,24+/m1/s1. The fourth-order valence-corrected chi connectivity index (χ4v) is 6.01. The average Bonchev–Trinajstić information content (AvgIpc) is 3.41. The summed E-state index contributed by atoms with van der Waals surface area (Å²) in [5.74, 6) is 2.89. The zero-order valence-corrected chi connectivity index (χ0v) is 16.5. The fourth-order valence-electron chi connectivity index (χ4n) is 6.01. The summed E-state index contributed by atoms with van der Waals surface area (Å²) in [4.78, 5) is 18.2. The van der Waals surface area contributed by atoms with E-state index < -0.39 is 0 Å². The third-order valence-corrected chi connectivity index (χ3v) is 7.34. The molecule has 4 fully saturated rings. The molecule has 0 N–H and O–H groups in total. The van der Waals surface area contributed by atoms with Gasteiger partial charge in [-0.1, -0.05) is 36.4 Å². The van der Waals surface area contributed by atoms with Gasteiger partial charge < -0.3 is 14.4 Å². The van der Waals surface area contributed by atoms with Crippen LogP contribution < -0.4 is 9.47 Å². The molecular weight excluding hydrogens is 364 g/mol. The summed E-state index contributed by atoms with van der Waals surface area (Å²) in [6, 6.07) is 17.2. The number of rotatable bonds is 3. The van der Waals surface area contributed by atoms with Gasteiger partial charge in [-0.25, -0.2) is 0 Å². The minimum Gasteiger partial charge on any atom is -0.454 e. The molecule has 5 heterocycles. The van der Waals surface area contributed by atoms with Crippen molar-refractivity contribution in [2.75, 3.05) is 26.4 Å². The fraction of sp³-hybridized carbons (Fsp3) is 0.458. The number of ether oxygens (including phenoxy) is 2. The number of benzene rings is 2. The molecule has 0 aliphatic carbocycles. The second kappa shape index (κ2) is 6.77. The Kier molecular flexibility index (Phi) is 4.05. The Bertz CT molecular complexity index is 923. The summed E-state index contributed by atoms with van der Waals surface area (Å²) in [5.41, 5.74) is 2.37. The van der Waals surface area contributed by atoms with Gasteiger partial charge in [-0.05, 0) is 55.1 Å². The third-order valence-electron chi connectivity index (χ3n) is 7.34. The van der Waals surface area contributed by atoms with E-state index in [1.54, 1.807) is 0 Å². The number of likely N-dealkylation sites (tertiary alicyclic amines) is 1. The SMILES string of the molecule is O=C(Cc1ccccc1)N1C[C@H](c2ccc3c(c2)OCO3)[C@H]2[C@@H]1C1CCN2CC1. The Labute approximate surface area is 171 Å². The number of fused-ring (bicyclic) bond motifs is 3. The van der Waals surface area contributed by atoms with Crippen LogP contribution in [-0.2, 0) is 11.2 Å². The van der Waals surface area contributed by atoms with Gasteiger partial charge in [0.15, 0.2) is 11.5 Å². The Morgan fingerprint density at radius 1 is 0.966 bits per heavy atom. The lowest BCUT2D eigenvalue weighted by atomic mass is 9.75. The molecule has 5 aliphatic heterocycles. The maximum Gasteiger partial charge on any atom is 0.231 e. The third kappa shape index (κ3) is 2.83. The Hall–Kier alpha value is -2.53. The van der Waals surface area contributed by atoms with Crippen LogP contribution in [0.4, 0.5) is 0 Å². The van der Waals surface area contributed by atoms with E-state index in [9.17, 15) is 4.79 Å². The summed E-state index contributed by atoms with van der Waals surface area (Å²) in [7, 11) is 0. The molecule has 5 nitrogen and oxygen atoms in total. The minimum absolute atomic E-state index is 0.267. The molecule has 2 bridgehead atoms. The van der Waals surface area contributed by atoms with E-state index in [-0.39, 0.29) is 5.91 Å². The number of nitrogens with zero attached hydrogens (tertiary/aromatic N) is 2. The average molecular weight is 390 g/mol. The van der Waals surface area contributed by atoms with Crippen molar-refractivity contribution >= 4 is 5.91 Å². The van der Waals surface area contributed by atoms with E-state index in [1.165, 1.54) is 18.4 Å². The molecule has 29 heavy (non-hydrogen) atoms. The van der Waals surface area contributed by atoms with Crippen LogP contribution in [0.5, 0.6) is 11.5 Å². The van der Waals surface area contributed by atoms with Gasteiger partial charge in [0.1, 0.15) is 0 Å². The highest BCUT2D eigenvalue weighted by Gasteiger charge is 2.54. The zero-order chi connectivity index (χ0) is 19.4. The molecule has 1 amide bonds. The van der Waals surface area contributed by atoms with E-state index in [0.29, 0.717) is 37.1 Å². The van der Waals surface area contributed by atoms with Crippen molar-refractivity contribution in [1.29, 1.82) is 0 Å². The molecule has 0 saturated carbocycles. The maximum absolute atomic E-state index is 13.4. The molecule has 0 spiro atoms. The quantitative estimate of drug-likeness (QED) is 0.808. The van der Waals surface area contributed by atoms with Crippen molar-refractivity contribution in [3.63, 3.8) is 0 Å². The molecule has 5 aliphatic rings. The van der Waals surface area contributed by atoms with Crippen LogP contribution in [0.2, 0.25) is 0 Å². The second-order valence-electron chi connectivity index (χ2n) is 8.78. The Morgan fingerprint density at radius 2 is 1.76 bits per heavy atom. The van der Waals surface area contributed by atoms with Crippen LogP contribution in [0.25, 0.3) is 0 Å². The maximum atomic E-state index is 13.4. The molecule has 4 saturated heterocycles. The normalized spacial score (nSPS) is 31.7. The van der Waals surface area contributed by atoms with Crippen molar-refractivity contribution in [2.45, 2.75) is 37.3 Å². The van der Waals surface area contributed by atoms with Gasteiger partial charge in [0.2, 0.25) is 12.7 Å². The van der Waals surface area contributed by atoms with Crippen LogP contribution >= 0.6 is 0 Å². The number of hydrogen-bond donors (Lipinski definition) is 0. The first-order valence-corrected chi connectivity index (χ1v) is 10.7. The first-order valence-electron chi connectivity index (χ1n) is 10.7. The highest BCUT2D eigenvalue weighted by atomic mass is 16.7. The number of piperidine rings is 3. The molecule has 3 atom stereocenters. The van der Waals surface area contributed by atoms with Crippen molar-refractivity contribution in [1.82, 2.24) is 9.80 Å². The van der Waals surface area contributed by atoms with E-state index in [4.69, 9.17) is 9.47 Å². The zero-order valence-electron chi connectivity index (χ0n) is 16.5. The molecule has 7 rings (SSSR count). The van der Waals surface area contributed by atoms with E-state index >= 15 is 0 Å². The predicted molar refractivity (Wildman–Crippen MR) is 109 cm³/mol. The van der Waals surface area contributed by atoms with Crippen molar-refractivity contribution in [3.05, 3.63) is 59.7 Å². The highest BCUT2D eigenvalue weighted by Crippen LogP contribution is 2.48. The first-order chi connectivity index (χ1) is 14.3. The first kappa shape index (κ1) is 17.3. The summed E-state index contributed by atoms with van der Waals surface area (Å²) in [5, 5.41) is 0. The van der Waals surface area contributed by atoms with Gasteiger partial charge in [0.05, 0.1) is 12.5 Å². The molecule has 0 radical (unpaired) electrons. The summed E-state index contributed by atoms with van der Waals surface area (Å²) in [6.07, 6.45) is 2.92. The lowest BCUT2D eigenvalue weighted by molar-refractivity contribution is -0.135. The van der Waals surface area contributed by atoms with Crippen molar-refractivity contribution in [2.24, 2.45) is 5.92 Å². The predicted octanol–water partition coefficient (Wildman–Crippen LogP) is 3.05. The number of carbonyl (C=O) groups is 1. The van der Waals surface area contributed by atoms with Crippen LogP contribution in [0.15, 0.2) is 48.5 Å². The Balaban J connectivity index is 1.32. The molecule has 0 unspecified atom stereocenters. The van der Waals surface area contributed by atoms with Gasteiger partial charge >= 0.3 is 0 Å². The van der Waals surface area contributed by atoms with Crippen molar-refractivity contribution in [3.8, 4) is 11.5 Å². The Morgan fingerprint density at radius 3 is 2.59 bits per heavy atom. The lowest BCUT2D eigenvalue weighted by Gasteiger charge is -2.51. The van der Waals surface area contributed by atoms with Crippen LogP contribution in [0.1, 0.15) is 29.9 Å². The van der Waals surface area contributed by atoms with E-state index in [0.717, 1.165) is 36.7 Å². The van der Waals surface area contributed by atoms with Crippen LogP contribution in [0, 0.1) is 5.92 Å². The minimum atomic E-state index is 0.267. The second-order valence-corrected chi connectivity index (χ2v) is 8.78. The summed E-state index contributed by atoms with van der Waals surface area (Å²) < 4.78 is 11.1. The molecule has 2 aromatic carbocycles. The van der Waals surface area contributed by atoms with Gasteiger partial charge in [0.25, 0.3) is 0 Å². The lowest BCUT2D eigenvalue weighted by Crippen LogP contribution is -2.60. The van der Waals surface area contributed by atoms with E-state index in [1.807, 2.05) is 24.3 Å². The molecule has 0 aromatic heterocycles. The van der Waals surface area contributed by atoms with Crippen LogP contribution in [0.3, 0.4) is 0 Å². The highest BCUT2D eigenvalue weighted by molar-refractivity contribution is 5.80. The van der Waals surface area contributed by atoms with Crippen molar-refractivity contribution < 1.29 is 14.3 Å². The summed E-state index contributed by atoms with van der Waals surface area (Å²) in [6.45, 7) is 3.42. The number of hydrogen-bond acceptors (Lipinski definition) is 4. The molecular formula is C24H26N2O3. The largest absolute Gasteiger partial charge is 0.454 e. The topological polar surface area (TPSA) is 42.0 Å². The number of amides is 1. The van der Waals surface area contributed by atoms with Gasteiger partial charge in [0, 0.05) is 18.5 Å². The van der Waals surface area contributed by atoms with Gasteiger partial charge in [-0.2, -0.15) is 0 Å². The van der Waals surface area contributed by atoms with Crippen LogP contribution in [-0.4, -0.2) is 54.2 Å². The van der Waals surface area contributed by atoms with Gasteiger partial charge in [-0.15, -0.1) is 0 Å². The monoisotopic (exact) mass is 390 g/mol. The smallest absolute Gasteiger partial charge is 0.231 e. The molecule has 5 heteroatoms.